The second-order valence-electron chi connectivity index (χ2n) is 11.5. The third kappa shape index (κ3) is 5.29. The van der Waals surface area contributed by atoms with Crippen molar-refractivity contribution in [2.45, 2.75) is 26.2 Å². The summed E-state index contributed by atoms with van der Waals surface area (Å²) in [4.78, 5) is 41.8. The number of amides is 2. The zero-order chi connectivity index (χ0) is 32.5. The van der Waals surface area contributed by atoms with Crippen LogP contribution in [-0.4, -0.2) is 26.3 Å². The van der Waals surface area contributed by atoms with Gasteiger partial charge in [-0.3, -0.25) is 14.4 Å². The normalized spacial score (nSPS) is 16.0. The van der Waals surface area contributed by atoms with Crippen LogP contribution in [0.15, 0.2) is 154 Å². The molecule has 4 aromatic carbocycles. The first-order valence-electron chi connectivity index (χ1n) is 15.5. The summed E-state index contributed by atoms with van der Waals surface area (Å²) >= 11 is 0. The molecule has 1 aromatic heterocycles. The van der Waals surface area contributed by atoms with Crippen LogP contribution in [0.1, 0.15) is 31.7 Å². The highest BCUT2D eigenvalue weighted by Crippen LogP contribution is 2.37. The van der Waals surface area contributed by atoms with Crippen molar-refractivity contribution in [1.82, 2.24) is 9.36 Å². The molecule has 1 N–H and O–H groups in total. The predicted octanol–water partition coefficient (Wildman–Crippen LogP) is 7.14. The van der Waals surface area contributed by atoms with Gasteiger partial charge in [0.25, 0.3) is 17.4 Å². The van der Waals surface area contributed by atoms with Gasteiger partial charge in [-0.1, -0.05) is 72.8 Å². The average molecular weight is 621 g/mol. The smallest absolute Gasteiger partial charge is 0.283 e. The van der Waals surface area contributed by atoms with Crippen molar-refractivity contribution in [1.29, 1.82) is 0 Å². The number of hydrogen-bond donors (Lipinski definition) is 1. The van der Waals surface area contributed by atoms with E-state index in [0.29, 0.717) is 35.6 Å². The maximum atomic E-state index is 14.0. The molecular weight excluding hydrogens is 588 g/mol. The van der Waals surface area contributed by atoms with Crippen molar-refractivity contribution in [3.63, 3.8) is 0 Å². The number of rotatable bonds is 6. The van der Waals surface area contributed by atoms with Crippen molar-refractivity contribution >= 4 is 29.3 Å². The fourth-order valence-electron chi connectivity index (χ4n) is 6.23. The minimum Gasteiger partial charge on any atom is -0.493 e. The van der Waals surface area contributed by atoms with Gasteiger partial charge in [-0.05, 0) is 104 Å². The molecule has 0 radical (unpaired) electrons. The summed E-state index contributed by atoms with van der Waals surface area (Å²) in [6, 6.07) is 36.7. The van der Waals surface area contributed by atoms with E-state index in [-0.39, 0.29) is 22.6 Å². The lowest BCUT2D eigenvalue weighted by atomic mass is 9.86. The molecule has 232 valence electrons. The van der Waals surface area contributed by atoms with Crippen molar-refractivity contribution in [3.8, 4) is 17.3 Å². The van der Waals surface area contributed by atoms with Gasteiger partial charge in [0.15, 0.2) is 0 Å². The van der Waals surface area contributed by atoms with Crippen molar-refractivity contribution in [2.75, 3.05) is 10.0 Å². The summed E-state index contributed by atoms with van der Waals surface area (Å²) < 4.78 is 2.98. The summed E-state index contributed by atoms with van der Waals surface area (Å²) in [5.41, 5.74) is 4.87. The van der Waals surface area contributed by atoms with E-state index in [2.05, 4.69) is 0 Å². The Balaban J connectivity index is 1.32. The first-order chi connectivity index (χ1) is 22.9. The largest absolute Gasteiger partial charge is 0.493 e. The van der Waals surface area contributed by atoms with Crippen LogP contribution < -0.4 is 15.6 Å². The molecule has 2 aliphatic rings. The summed E-state index contributed by atoms with van der Waals surface area (Å²) in [5, 5.41) is 14.4. The fourth-order valence-corrected chi connectivity index (χ4v) is 6.23. The molecule has 0 unspecified atom stereocenters. The lowest BCUT2D eigenvalue weighted by Crippen LogP contribution is -2.41. The third-order valence-corrected chi connectivity index (χ3v) is 8.61. The molecule has 5 aromatic rings. The Bertz CT molecular complexity index is 2070. The van der Waals surface area contributed by atoms with Gasteiger partial charge in [-0.2, -0.15) is 0 Å². The maximum Gasteiger partial charge on any atom is 0.283 e. The molecular formula is C39H32N4O4. The molecule has 7 rings (SSSR count). The number of carbonyl (C=O) groups excluding carboxylic acids is 2. The van der Waals surface area contributed by atoms with Gasteiger partial charge in [0, 0.05) is 0 Å². The van der Waals surface area contributed by atoms with E-state index in [1.807, 2.05) is 104 Å². The van der Waals surface area contributed by atoms with Crippen molar-refractivity contribution < 1.29 is 14.7 Å². The number of aromatic hydroxyl groups is 1. The highest BCUT2D eigenvalue weighted by molar-refractivity contribution is 6.36. The Morgan fingerprint density at radius 3 is 1.51 bits per heavy atom. The van der Waals surface area contributed by atoms with Crippen LogP contribution in [0.3, 0.4) is 0 Å². The van der Waals surface area contributed by atoms with Gasteiger partial charge >= 0.3 is 0 Å². The van der Waals surface area contributed by atoms with E-state index >= 15 is 0 Å². The zero-order valence-corrected chi connectivity index (χ0v) is 25.8. The van der Waals surface area contributed by atoms with Crippen LogP contribution in [0.5, 0.6) is 5.88 Å². The van der Waals surface area contributed by atoms with Crippen LogP contribution in [0.4, 0.5) is 11.4 Å². The Labute approximate surface area is 272 Å². The van der Waals surface area contributed by atoms with Gasteiger partial charge in [0.2, 0.25) is 5.88 Å². The van der Waals surface area contributed by atoms with Gasteiger partial charge in [0.05, 0.1) is 22.7 Å². The molecule has 1 aliphatic carbocycles. The quantitative estimate of drug-likeness (QED) is 0.162. The third-order valence-electron chi connectivity index (χ3n) is 8.61. The molecule has 0 spiro atoms. The number of nitrogens with zero attached hydrogens (tertiary/aromatic N) is 4. The molecule has 0 saturated carbocycles. The number of benzene rings is 4. The number of anilines is 2. The lowest BCUT2D eigenvalue weighted by molar-refractivity contribution is -0.116. The molecule has 0 bridgehead atoms. The first kappa shape index (κ1) is 29.6. The highest BCUT2D eigenvalue weighted by atomic mass is 16.3. The summed E-state index contributed by atoms with van der Waals surface area (Å²) in [6.07, 6.45) is 5.53. The van der Waals surface area contributed by atoms with Gasteiger partial charge in [-0.25, -0.2) is 19.4 Å². The van der Waals surface area contributed by atoms with Crippen LogP contribution in [0.2, 0.25) is 0 Å². The van der Waals surface area contributed by atoms with Crippen LogP contribution >= 0.6 is 0 Å². The maximum absolute atomic E-state index is 14.0. The molecule has 1 aliphatic heterocycles. The molecule has 8 heteroatoms. The number of hydrazine groups is 1. The van der Waals surface area contributed by atoms with Crippen LogP contribution in [0, 0.1) is 0 Å². The van der Waals surface area contributed by atoms with Crippen LogP contribution in [0.25, 0.3) is 17.5 Å². The fraction of sp³-hybridized carbons (Fsp3) is 0.103. The Morgan fingerprint density at radius 1 is 0.574 bits per heavy atom. The summed E-state index contributed by atoms with van der Waals surface area (Å²) in [5.74, 6) is -0.997. The lowest BCUT2D eigenvalue weighted by Gasteiger charge is -2.27. The molecule has 1 fully saturated rings. The average Bonchev–Trinajstić information content (AvgIpc) is 3.51. The monoisotopic (exact) mass is 620 g/mol. The predicted molar refractivity (Wildman–Crippen MR) is 183 cm³/mol. The molecule has 47 heavy (non-hydrogen) atoms. The minimum atomic E-state index is -0.412. The van der Waals surface area contributed by atoms with E-state index < -0.39 is 11.8 Å². The SMILES string of the molecule is CC1=C(C=C2C(=O)N(c3ccccc3)N(c3ccccc3)C2=O)CCC/C1=C/c1c(O)n(-c2ccccc2)n(-c2ccccc2)c1=O. The van der Waals surface area contributed by atoms with Gasteiger partial charge in [0.1, 0.15) is 11.1 Å². The molecule has 8 nitrogen and oxygen atoms in total. The number of allylic oxidation sites excluding steroid dienone is 4. The number of para-hydroxylation sites is 4. The number of aromatic nitrogens is 2. The second kappa shape index (κ2) is 12.3. The highest BCUT2D eigenvalue weighted by Gasteiger charge is 2.43. The topological polar surface area (TPSA) is 87.8 Å². The second-order valence-corrected chi connectivity index (χ2v) is 11.5. The van der Waals surface area contributed by atoms with E-state index in [9.17, 15) is 19.5 Å². The number of carbonyl (C=O) groups is 2. The standard InChI is InChI=1S/C39H32N4O4/c1-27-28(25-34-36(44)40(30-17-6-2-7-18-30)41(37(34)45)31-19-8-3-9-20-31)15-14-16-29(27)26-35-38(46)42(32-21-10-4-11-22-32)43(39(35)47)33-23-12-5-13-24-33/h2-13,17-26,44H,14-16H2,1H3/b28-25-. The molecule has 0 atom stereocenters. The summed E-state index contributed by atoms with van der Waals surface area (Å²) in [7, 11) is 0. The van der Waals surface area contributed by atoms with Gasteiger partial charge < -0.3 is 5.11 Å². The van der Waals surface area contributed by atoms with Crippen molar-refractivity contribution in [2.24, 2.45) is 0 Å². The van der Waals surface area contributed by atoms with Crippen LogP contribution in [-0.2, 0) is 9.59 Å². The van der Waals surface area contributed by atoms with Crippen molar-refractivity contribution in [3.05, 3.63) is 166 Å². The zero-order valence-electron chi connectivity index (χ0n) is 25.8. The summed E-state index contributed by atoms with van der Waals surface area (Å²) in [6.45, 7) is 1.94. The molecule has 1 saturated heterocycles. The Morgan fingerprint density at radius 2 is 1.02 bits per heavy atom. The van der Waals surface area contributed by atoms with E-state index in [0.717, 1.165) is 23.1 Å². The van der Waals surface area contributed by atoms with E-state index in [1.54, 1.807) is 36.4 Å². The van der Waals surface area contributed by atoms with E-state index in [4.69, 9.17) is 0 Å². The van der Waals surface area contributed by atoms with E-state index in [1.165, 1.54) is 19.4 Å². The minimum absolute atomic E-state index is 0.0674. The molecule has 2 heterocycles. The molecule has 2 amide bonds. The Hall–Kier alpha value is -6.15. The Kier molecular flexibility index (Phi) is 7.75. The van der Waals surface area contributed by atoms with Gasteiger partial charge in [-0.15, -0.1) is 0 Å². The number of hydrogen-bond acceptors (Lipinski definition) is 4. The first-order valence-corrected chi connectivity index (χ1v) is 15.5.